The fourth-order valence-electron chi connectivity index (χ4n) is 2.26. The van der Waals surface area contributed by atoms with E-state index in [0.29, 0.717) is 0 Å². The van der Waals surface area contributed by atoms with Crippen molar-refractivity contribution < 1.29 is 0 Å². The zero-order valence-corrected chi connectivity index (χ0v) is 9.25. The first-order valence-corrected chi connectivity index (χ1v) is 5.64. The second-order valence-electron chi connectivity index (χ2n) is 3.94. The molecule has 74 valence electrons. The molecule has 2 unspecified atom stereocenters. The number of hydrogen-bond acceptors (Lipinski definition) is 0. The van der Waals surface area contributed by atoms with Crippen LogP contribution in [0, 0.1) is 12.8 Å². The highest BCUT2D eigenvalue weighted by molar-refractivity contribution is 5.64. The summed E-state index contributed by atoms with van der Waals surface area (Å²) < 4.78 is 0. The van der Waals surface area contributed by atoms with Gasteiger partial charge in [-0.15, -0.1) is 0 Å². The molecule has 0 saturated heterocycles. The van der Waals surface area contributed by atoms with Crippen LogP contribution in [-0.4, -0.2) is 0 Å². The van der Waals surface area contributed by atoms with Gasteiger partial charge in [0.25, 0.3) is 0 Å². The predicted molar refractivity (Wildman–Crippen MR) is 62.4 cm³/mol. The van der Waals surface area contributed by atoms with E-state index >= 15 is 0 Å². The molecule has 3 rings (SSSR count). The van der Waals surface area contributed by atoms with Crippen molar-refractivity contribution in [3.8, 4) is 0 Å². The monoisotopic (exact) mass is 186 g/mol. The Kier molecular flexibility index (Phi) is 2.45. The average Bonchev–Trinajstić information content (AvgIpc) is 3.00. The summed E-state index contributed by atoms with van der Waals surface area (Å²) in [5, 5.41) is 0. The van der Waals surface area contributed by atoms with E-state index in [1.807, 2.05) is 13.8 Å². The average molecular weight is 186 g/mol. The summed E-state index contributed by atoms with van der Waals surface area (Å²) >= 11 is 0. The highest BCUT2D eigenvalue weighted by atomic mass is 14.4. The number of allylic oxidation sites excluding steroid dienone is 1. The lowest BCUT2D eigenvalue weighted by Crippen LogP contribution is -1.94. The summed E-state index contributed by atoms with van der Waals surface area (Å²) in [6, 6.07) is 6.67. The van der Waals surface area contributed by atoms with Crippen LogP contribution in [0.25, 0.3) is 6.08 Å². The summed E-state index contributed by atoms with van der Waals surface area (Å²) in [6.07, 6.45) is 6.06. The predicted octanol–water partition coefficient (Wildman–Crippen LogP) is 4.15. The minimum Gasteiger partial charge on any atom is -0.0802 e. The fraction of sp³-hybridized carbons (Fsp3) is 0.429. The number of aryl methyl sites for hydroxylation is 1. The molecule has 0 heterocycles. The van der Waals surface area contributed by atoms with Gasteiger partial charge in [-0.25, -0.2) is 0 Å². The van der Waals surface area contributed by atoms with Crippen LogP contribution in [-0.2, 0) is 0 Å². The van der Waals surface area contributed by atoms with Gasteiger partial charge in [0.1, 0.15) is 0 Å². The van der Waals surface area contributed by atoms with Crippen LogP contribution in [0.3, 0.4) is 0 Å². The Hall–Kier alpha value is -1.04. The Balaban J connectivity index is 0.000000354. The minimum absolute atomic E-state index is 0.866. The number of rotatable bonds is 0. The first-order chi connectivity index (χ1) is 6.86. The van der Waals surface area contributed by atoms with Crippen LogP contribution in [0.5, 0.6) is 0 Å². The molecule has 0 heteroatoms. The van der Waals surface area contributed by atoms with Crippen molar-refractivity contribution in [1.82, 2.24) is 0 Å². The van der Waals surface area contributed by atoms with Gasteiger partial charge in [-0.05, 0) is 41.9 Å². The van der Waals surface area contributed by atoms with Crippen LogP contribution in [0.1, 0.15) is 42.9 Å². The van der Waals surface area contributed by atoms with Crippen molar-refractivity contribution in [3.05, 3.63) is 41.0 Å². The summed E-state index contributed by atoms with van der Waals surface area (Å²) in [6.45, 7) is 6.20. The van der Waals surface area contributed by atoms with E-state index in [1.54, 1.807) is 5.56 Å². The molecule has 0 spiro atoms. The molecule has 2 aliphatic carbocycles. The van der Waals surface area contributed by atoms with E-state index in [9.17, 15) is 0 Å². The molecule has 1 aromatic carbocycles. The van der Waals surface area contributed by atoms with Crippen molar-refractivity contribution >= 4 is 6.08 Å². The third-order valence-corrected chi connectivity index (χ3v) is 3.11. The number of benzene rings is 1. The van der Waals surface area contributed by atoms with Crippen molar-refractivity contribution in [2.45, 2.75) is 33.1 Å². The van der Waals surface area contributed by atoms with Gasteiger partial charge in [-0.1, -0.05) is 44.2 Å². The molecule has 0 amide bonds. The summed E-state index contributed by atoms with van der Waals surface area (Å²) in [5.41, 5.74) is 4.49. The Morgan fingerprint density at radius 1 is 1.21 bits per heavy atom. The molecule has 0 radical (unpaired) electrons. The van der Waals surface area contributed by atoms with Gasteiger partial charge in [0.15, 0.2) is 0 Å². The topological polar surface area (TPSA) is 0 Å². The number of fused-ring (bicyclic) bond motifs is 3. The maximum atomic E-state index is 2.38. The quantitative estimate of drug-likeness (QED) is 0.571. The molecular formula is C14H18. The first kappa shape index (κ1) is 9.51. The van der Waals surface area contributed by atoms with Crippen molar-refractivity contribution in [2.75, 3.05) is 0 Å². The normalized spacial score (nSPS) is 25.6. The Morgan fingerprint density at radius 2 is 2.00 bits per heavy atom. The van der Waals surface area contributed by atoms with Gasteiger partial charge in [-0.3, -0.25) is 0 Å². The summed E-state index contributed by atoms with van der Waals surface area (Å²) in [5.74, 6) is 1.74. The Labute approximate surface area is 86.7 Å². The zero-order valence-electron chi connectivity index (χ0n) is 9.25. The van der Waals surface area contributed by atoms with E-state index in [-0.39, 0.29) is 0 Å². The molecule has 14 heavy (non-hydrogen) atoms. The van der Waals surface area contributed by atoms with E-state index in [0.717, 1.165) is 11.8 Å². The molecule has 0 bridgehead atoms. The molecule has 0 aliphatic heterocycles. The van der Waals surface area contributed by atoms with Crippen molar-refractivity contribution in [2.24, 2.45) is 5.92 Å². The molecule has 1 saturated carbocycles. The van der Waals surface area contributed by atoms with E-state index in [1.165, 1.54) is 17.5 Å². The van der Waals surface area contributed by atoms with Crippen LogP contribution in [0.4, 0.5) is 0 Å². The van der Waals surface area contributed by atoms with Crippen LogP contribution in [0.15, 0.2) is 24.3 Å². The molecule has 2 aliphatic rings. The first-order valence-electron chi connectivity index (χ1n) is 5.64. The molecule has 1 aromatic rings. The molecular weight excluding hydrogens is 168 g/mol. The van der Waals surface area contributed by atoms with Gasteiger partial charge in [0.2, 0.25) is 0 Å². The van der Waals surface area contributed by atoms with E-state index in [2.05, 4.69) is 37.3 Å². The molecule has 1 fully saturated rings. The third-order valence-electron chi connectivity index (χ3n) is 3.11. The largest absolute Gasteiger partial charge is 0.0802 e. The smallest absolute Gasteiger partial charge is 0.00868 e. The Bertz CT molecular complexity index is 360. The Morgan fingerprint density at radius 3 is 2.79 bits per heavy atom. The van der Waals surface area contributed by atoms with E-state index < -0.39 is 0 Å². The SMILES string of the molecule is CC.Cc1cccc2c1C=CC1CC21. The second-order valence-corrected chi connectivity index (χ2v) is 3.94. The third kappa shape index (κ3) is 1.39. The maximum absolute atomic E-state index is 2.38. The highest BCUT2D eigenvalue weighted by Gasteiger charge is 2.39. The lowest BCUT2D eigenvalue weighted by molar-refractivity contribution is 0.991. The molecule has 0 N–H and O–H groups in total. The lowest BCUT2D eigenvalue weighted by Gasteiger charge is -2.11. The number of hydrogen-bond donors (Lipinski definition) is 0. The van der Waals surface area contributed by atoms with Gasteiger partial charge in [0, 0.05) is 0 Å². The van der Waals surface area contributed by atoms with Crippen LogP contribution < -0.4 is 0 Å². The summed E-state index contributed by atoms with van der Waals surface area (Å²) in [4.78, 5) is 0. The van der Waals surface area contributed by atoms with Crippen molar-refractivity contribution in [3.63, 3.8) is 0 Å². The zero-order chi connectivity index (χ0) is 10.1. The maximum Gasteiger partial charge on any atom is -0.00868 e. The van der Waals surface area contributed by atoms with Crippen LogP contribution >= 0.6 is 0 Å². The second kappa shape index (κ2) is 3.61. The van der Waals surface area contributed by atoms with Crippen molar-refractivity contribution in [1.29, 1.82) is 0 Å². The highest BCUT2D eigenvalue weighted by Crippen LogP contribution is 2.52. The van der Waals surface area contributed by atoms with Gasteiger partial charge in [0.05, 0.1) is 0 Å². The van der Waals surface area contributed by atoms with Gasteiger partial charge in [-0.2, -0.15) is 0 Å². The molecule has 2 atom stereocenters. The van der Waals surface area contributed by atoms with Gasteiger partial charge >= 0.3 is 0 Å². The standard InChI is InChI=1S/C12H12.C2H6/c1-8-3-2-4-11-10(8)6-5-9-7-12(9)11;1-2/h2-6,9,12H,7H2,1H3;1-2H3. The molecule has 0 aromatic heterocycles. The lowest BCUT2D eigenvalue weighted by atomic mass is 9.94. The van der Waals surface area contributed by atoms with E-state index in [4.69, 9.17) is 0 Å². The van der Waals surface area contributed by atoms with Crippen LogP contribution in [0.2, 0.25) is 0 Å². The molecule has 0 nitrogen and oxygen atoms in total. The van der Waals surface area contributed by atoms with Gasteiger partial charge < -0.3 is 0 Å². The minimum atomic E-state index is 0.866. The fourth-order valence-corrected chi connectivity index (χ4v) is 2.26. The summed E-state index contributed by atoms with van der Waals surface area (Å²) in [7, 11) is 0.